The molecule has 0 aliphatic carbocycles. The number of pyridine rings is 1. The first kappa shape index (κ1) is 21.0. The molecule has 6 heteroatoms. The second kappa shape index (κ2) is 10.2. The molecule has 5 nitrogen and oxygen atoms in total. The summed E-state index contributed by atoms with van der Waals surface area (Å²) in [5.74, 6) is 0.242. The van der Waals surface area contributed by atoms with Crippen LogP contribution in [-0.4, -0.2) is 28.2 Å². The molecule has 0 saturated carbocycles. The Bertz CT molecular complexity index is 1090. The van der Waals surface area contributed by atoms with E-state index in [0.717, 1.165) is 17.6 Å². The molecule has 3 heterocycles. The molecule has 1 fully saturated rings. The molecule has 1 N–H and O–H groups in total. The first-order valence-electron chi connectivity index (χ1n) is 10.6. The summed E-state index contributed by atoms with van der Waals surface area (Å²) < 4.78 is 2.24. The molecule has 0 atom stereocenters. The van der Waals surface area contributed by atoms with Gasteiger partial charge in [0.1, 0.15) is 0 Å². The van der Waals surface area contributed by atoms with Gasteiger partial charge in [0, 0.05) is 36.5 Å². The fourth-order valence-electron chi connectivity index (χ4n) is 3.76. The van der Waals surface area contributed by atoms with E-state index >= 15 is 0 Å². The van der Waals surface area contributed by atoms with E-state index in [1.165, 1.54) is 43.6 Å². The number of aromatic nitrogens is 3. The van der Waals surface area contributed by atoms with Crippen LogP contribution in [0.15, 0.2) is 79.1 Å². The van der Waals surface area contributed by atoms with Crippen molar-refractivity contribution in [3.05, 3.63) is 90.5 Å². The molecule has 2 aromatic carbocycles. The molecule has 5 rings (SSSR count). The molecule has 1 saturated heterocycles. The van der Waals surface area contributed by atoms with Crippen molar-refractivity contribution in [2.45, 2.75) is 25.8 Å². The first-order chi connectivity index (χ1) is 15.2. The van der Waals surface area contributed by atoms with Crippen LogP contribution in [0.2, 0.25) is 0 Å². The minimum Gasteiger partial charge on any atom is -0.734 e. The van der Waals surface area contributed by atoms with E-state index in [-0.39, 0.29) is 5.82 Å². The largest absolute Gasteiger partial charge is 0.734 e. The van der Waals surface area contributed by atoms with Crippen LogP contribution in [-0.2, 0) is 19.2 Å². The highest BCUT2D eigenvalue weighted by atomic mass is 32.1. The Morgan fingerprint density at radius 1 is 0.935 bits per heavy atom. The Morgan fingerprint density at radius 2 is 1.61 bits per heavy atom. The number of benzene rings is 2. The quantitative estimate of drug-likeness (QED) is 0.388. The van der Waals surface area contributed by atoms with Gasteiger partial charge in [-0.2, -0.15) is 0 Å². The average Bonchev–Trinajstić information content (AvgIpc) is 3.26. The lowest BCUT2D eigenvalue weighted by Gasteiger charge is -2.28. The summed E-state index contributed by atoms with van der Waals surface area (Å²) in [5, 5.41) is -0.453. The van der Waals surface area contributed by atoms with Crippen LogP contribution in [0.4, 0.5) is 5.69 Å². The molecule has 4 aromatic rings. The SMILES string of the molecule is O=C([S-])c1nc2ccccc2[nH]1.c1ccc(C[n+]2ccc(N3CCCCC3)cc2)cc1. The molecule has 2 aromatic heterocycles. The minimum atomic E-state index is -0.453. The number of H-pyrrole nitrogens is 1. The van der Waals surface area contributed by atoms with Crippen LogP contribution in [0.5, 0.6) is 0 Å². The van der Waals surface area contributed by atoms with Gasteiger partial charge in [-0.1, -0.05) is 42.5 Å². The third kappa shape index (κ3) is 5.67. The maximum absolute atomic E-state index is 10.7. The van der Waals surface area contributed by atoms with Crippen molar-refractivity contribution in [1.82, 2.24) is 9.97 Å². The zero-order valence-corrected chi connectivity index (χ0v) is 18.2. The van der Waals surface area contributed by atoms with Gasteiger partial charge in [-0.3, -0.25) is 0 Å². The number of fused-ring (bicyclic) bond motifs is 1. The van der Waals surface area contributed by atoms with Crippen molar-refractivity contribution in [3.63, 3.8) is 0 Å². The van der Waals surface area contributed by atoms with Crippen LogP contribution in [0.25, 0.3) is 11.0 Å². The lowest BCUT2D eigenvalue weighted by atomic mass is 10.1. The van der Waals surface area contributed by atoms with Gasteiger partial charge in [0.2, 0.25) is 0 Å². The van der Waals surface area contributed by atoms with Crippen molar-refractivity contribution in [2.24, 2.45) is 0 Å². The Morgan fingerprint density at radius 3 is 2.29 bits per heavy atom. The van der Waals surface area contributed by atoms with E-state index in [1.807, 2.05) is 24.3 Å². The predicted molar refractivity (Wildman–Crippen MR) is 126 cm³/mol. The van der Waals surface area contributed by atoms with Crippen molar-refractivity contribution in [1.29, 1.82) is 0 Å². The fourth-order valence-corrected chi connectivity index (χ4v) is 3.86. The third-order valence-corrected chi connectivity index (χ3v) is 5.58. The summed E-state index contributed by atoms with van der Waals surface area (Å²) in [6.07, 6.45) is 8.43. The van der Waals surface area contributed by atoms with Crippen LogP contribution in [0.3, 0.4) is 0 Å². The lowest BCUT2D eigenvalue weighted by Crippen LogP contribution is -2.35. The summed E-state index contributed by atoms with van der Waals surface area (Å²) in [7, 11) is 0. The minimum absolute atomic E-state index is 0.242. The Balaban J connectivity index is 0.000000166. The van der Waals surface area contributed by atoms with E-state index in [2.05, 4.69) is 86.9 Å². The standard InChI is InChI=1S/C17H21N2.C8H6N2OS/c1-3-7-16(8-4-1)15-18-13-9-17(10-14-18)19-11-5-2-6-12-19;11-8(12)7-9-5-3-1-2-4-6(5)10-7/h1,3-4,7-10,13-14H,2,5-6,11-12,15H2;1-4H,(H,9,10)(H,11,12)/q+1;/p-1. The number of para-hydroxylation sites is 2. The molecule has 0 amide bonds. The number of nitrogens with one attached hydrogen (secondary N) is 1. The lowest BCUT2D eigenvalue weighted by molar-refractivity contribution is -0.688. The van der Waals surface area contributed by atoms with E-state index in [9.17, 15) is 4.79 Å². The van der Waals surface area contributed by atoms with Gasteiger partial charge in [-0.25, -0.2) is 9.55 Å². The van der Waals surface area contributed by atoms with Crippen LogP contribution in [0.1, 0.15) is 35.4 Å². The number of rotatable bonds is 4. The highest BCUT2D eigenvalue weighted by Crippen LogP contribution is 2.18. The van der Waals surface area contributed by atoms with Gasteiger partial charge in [0.05, 0.1) is 16.1 Å². The van der Waals surface area contributed by atoms with Crippen LogP contribution >= 0.6 is 0 Å². The number of piperidine rings is 1. The normalized spacial score (nSPS) is 13.5. The smallest absolute Gasteiger partial charge is 0.173 e. The van der Waals surface area contributed by atoms with Crippen LogP contribution < -0.4 is 9.47 Å². The number of anilines is 1. The molecule has 0 bridgehead atoms. The van der Waals surface area contributed by atoms with Crippen molar-refractivity contribution < 1.29 is 9.36 Å². The Kier molecular flexibility index (Phi) is 6.89. The summed E-state index contributed by atoms with van der Waals surface area (Å²) in [6, 6.07) is 22.5. The van der Waals surface area contributed by atoms with Gasteiger partial charge in [-0.05, 0) is 31.4 Å². The monoisotopic (exact) mass is 430 g/mol. The summed E-state index contributed by atoms with van der Waals surface area (Å²) in [4.78, 5) is 20.1. The number of carbonyl (C=O) groups is 1. The fraction of sp³-hybridized carbons (Fsp3) is 0.240. The second-order valence-corrected chi connectivity index (χ2v) is 8.02. The van der Waals surface area contributed by atoms with Crippen molar-refractivity contribution in [2.75, 3.05) is 18.0 Å². The van der Waals surface area contributed by atoms with Gasteiger partial charge < -0.3 is 27.3 Å². The predicted octanol–water partition coefficient (Wildman–Crippen LogP) is 4.26. The first-order valence-corrected chi connectivity index (χ1v) is 11.0. The maximum Gasteiger partial charge on any atom is 0.173 e. The van der Waals surface area contributed by atoms with Crippen LogP contribution in [0, 0.1) is 0 Å². The van der Waals surface area contributed by atoms with E-state index in [4.69, 9.17) is 0 Å². The molecule has 1 aliphatic heterocycles. The summed E-state index contributed by atoms with van der Waals surface area (Å²) in [6.45, 7) is 3.37. The maximum atomic E-state index is 10.7. The third-order valence-electron chi connectivity index (χ3n) is 5.39. The van der Waals surface area contributed by atoms with Crippen molar-refractivity contribution >= 4 is 34.5 Å². The van der Waals surface area contributed by atoms with E-state index in [0.29, 0.717) is 0 Å². The number of nitrogens with zero attached hydrogens (tertiary/aromatic N) is 3. The summed E-state index contributed by atoms with van der Waals surface area (Å²) >= 11 is 4.45. The van der Waals surface area contributed by atoms with Gasteiger partial charge >= 0.3 is 0 Å². The second-order valence-electron chi connectivity index (χ2n) is 7.65. The zero-order valence-electron chi connectivity index (χ0n) is 17.4. The zero-order chi connectivity index (χ0) is 21.5. The number of hydrogen-bond donors (Lipinski definition) is 1. The molecule has 1 aliphatic rings. The molecule has 158 valence electrons. The molecular weight excluding hydrogens is 404 g/mol. The topological polar surface area (TPSA) is 52.9 Å². The molecule has 0 unspecified atom stereocenters. The van der Waals surface area contributed by atoms with Gasteiger partial charge in [0.15, 0.2) is 24.8 Å². The van der Waals surface area contributed by atoms with E-state index < -0.39 is 5.12 Å². The van der Waals surface area contributed by atoms with Gasteiger partial charge in [0.25, 0.3) is 0 Å². The van der Waals surface area contributed by atoms with Crippen molar-refractivity contribution in [3.8, 4) is 0 Å². The number of carbonyl (C=O) groups excluding carboxylic acids is 1. The van der Waals surface area contributed by atoms with Gasteiger partial charge in [-0.15, -0.1) is 0 Å². The average molecular weight is 431 g/mol. The summed E-state index contributed by atoms with van der Waals surface area (Å²) in [5.41, 5.74) is 4.32. The molecule has 0 spiro atoms. The molecule has 31 heavy (non-hydrogen) atoms. The molecule has 0 radical (unpaired) electrons. The number of hydrogen-bond acceptors (Lipinski definition) is 4. The molecular formula is C25H26N4OS. The highest BCUT2D eigenvalue weighted by Gasteiger charge is 2.12. The number of aromatic amines is 1. The highest BCUT2D eigenvalue weighted by molar-refractivity contribution is 7.77. The van der Waals surface area contributed by atoms with E-state index in [1.54, 1.807) is 0 Å². The Labute approximate surface area is 188 Å². The Hall–Kier alpha value is -3.25. The number of imidazole rings is 1.